The standard InChI is InChI=1S/C15H18N4O6/c1-15(2,3)24-14(23)16-10(13(21)22)8-12(20)25-19-11-7-5-4-6-9(11)17-18-19/h4-7,10H,8H2,1-3H3,(H,16,23)(H,21,22). The first-order chi connectivity index (χ1) is 11.7. The van der Waals surface area contributed by atoms with E-state index in [2.05, 4.69) is 15.6 Å². The van der Waals surface area contributed by atoms with E-state index in [1.807, 2.05) is 0 Å². The molecule has 0 aliphatic rings. The predicted molar refractivity (Wildman–Crippen MR) is 84.5 cm³/mol. The van der Waals surface area contributed by atoms with Gasteiger partial charge in [0, 0.05) is 0 Å². The van der Waals surface area contributed by atoms with Crippen LogP contribution in [-0.2, 0) is 14.3 Å². The summed E-state index contributed by atoms with van der Waals surface area (Å²) in [4.78, 5) is 40.8. The zero-order chi connectivity index (χ0) is 18.6. The van der Waals surface area contributed by atoms with Crippen LogP contribution >= 0.6 is 0 Å². The van der Waals surface area contributed by atoms with Crippen molar-refractivity contribution in [1.29, 1.82) is 0 Å². The first-order valence-electron chi connectivity index (χ1n) is 7.39. The van der Waals surface area contributed by atoms with Gasteiger partial charge in [0.2, 0.25) is 0 Å². The van der Waals surface area contributed by atoms with Gasteiger partial charge >= 0.3 is 18.0 Å². The maximum atomic E-state index is 12.0. The summed E-state index contributed by atoms with van der Waals surface area (Å²) in [6.45, 7) is 4.89. The number of benzene rings is 1. The molecule has 0 spiro atoms. The fraction of sp³-hybridized carbons (Fsp3) is 0.400. The Kier molecular flexibility index (Phi) is 5.20. The lowest BCUT2D eigenvalue weighted by Gasteiger charge is -2.21. The first kappa shape index (κ1) is 18.2. The molecule has 1 heterocycles. The van der Waals surface area contributed by atoms with Crippen molar-refractivity contribution in [2.24, 2.45) is 0 Å². The number of carboxylic acids is 1. The number of fused-ring (bicyclic) bond motifs is 1. The number of amides is 1. The maximum absolute atomic E-state index is 12.0. The summed E-state index contributed by atoms with van der Waals surface area (Å²) in [6, 6.07) is 5.26. The Morgan fingerprint density at radius 2 is 1.96 bits per heavy atom. The molecule has 2 N–H and O–H groups in total. The molecule has 1 aromatic heterocycles. The van der Waals surface area contributed by atoms with Crippen molar-refractivity contribution >= 4 is 29.1 Å². The number of para-hydroxylation sites is 1. The average Bonchev–Trinajstić information content (AvgIpc) is 2.88. The van der Waals surface area contributed by atoms with E-state index in [0.717, 1.165) is 4.85 Å². The van der Waals surface area contributed by atoms with E-state index in [4.69, 9.17) is 14.7 Å². The highest BCUT2D eigenvalue weighted by Crippen LogP contribution is 2.09. The Morgan fingerprint density at radius 1 is 1.28 bits per heavy atom. The zero-order valence-corrected chi connectivity index (χ0v) is 13.9. The first-order valence-corrected chi connectivity index (χ1v) is 7.39. The summed E-state index contributed by atoms with van der Waals surface area (Å²) in [5.74, 6) is -2.30. The van der Waals surface area contributed by atoms with Crippen LogP contribution in [0.4, 0.5) is 4.79 Å². The number of nitrogens with zero attached hydrogens (tertiary/aromatic N) is 3. The number of carboxylic acid groups (broad SMARTS) is 1. The third-order valence-corrected chi connectivity index (χ3v) is 2.87. The summed E-state index contributed by atoms with van der Waals surface area (Å²) in [5, 5.41) is 18.7. The monoisotopic (exact) mass is 350 g/mol. The molecule has 1 unspecified atom stereocenters. The molecule has 0 saturated carbocycles. The van der Waals surface area contributed by atoms with Gasteiger partial charge < -0.3 is 20.0 Å². The van der Waals surface area contributed by atoms with Crippen LogP contribution < -0.4 is 10.2 Å². The van der Waals surface area contributed by atoms with Gasteiger partial charge in [0.15, 0.2) is 0 Å². The summed E-state index contributed by atoms with van der Waals surface area (Å²) in [5.41, 5.74) is 0.160. The summed E-state index contributed by atoms with van der Waals surface area (Å²) >= 11 is 0. The van der Waals surface area contributed by atoms with Crippen molar-refractivity contribution in [3.05, 3.63) is 24.3 Å². The van der Waals surface area contributed by atoms with Gasteiger partial charge in [-0.1, -0.05) is 17.0 Å². The average molecular weight is 350 g/mol. The van der Waals surface area contributed by atoms with Crippen LogP contribution in [0.25, 0.3) is 11.0 Å². The Balaban J connectivity index is 2.00. The number of hydrogen-bond donors (Lipinski definition) is 2. The molecule has 10 nitrogen and oxygen atoms in total. The maximum Gasteiger partial charge on any atom is 0.408 e. The fourth-order valence-electron chi connectivity index (χ4n) is 1.87. The van der Waals surface area contributed by atoms with Crippen LogP contribution in [-0.4, -0.2) is 49.9 Å². The van der Waals surface area contributed by atoms with Crippen LogP contribution in [0.1, 0.15) is 27.2 Å². The molecule has 2 aromatic rings. The van der Waals surface area contributed by atoms with Crippen molar-refractivity contribution in [3.8, 4) is 0 Å². The number of aliphatic carboxylic acids is 1. The number of carbonyl (C=O) groups excluding carboxylic acids is 2. The topological polar surface area (TPSA) is 133 Å². The van der Waals surface area contributed by atoms with Crippen molar-refractivity contribution < 1.29 is 29.1 Å². The second-order valence-corrected chi connectivity index (χ2v) is 6.16. The minimum absolute atomic E-state index is 0.447. The van der Waals surface area contributed by atoms with Gasteiger partial charge in [-0.05, 0) is 38.1 Å². The second kappa shape index (κ2) is 7.16. The highest BCUT2D eigenvalue weighted by molar-refractivity contribution is 5.85. The van der Waals surface area contributed by atoms with Gasteiger partial charge in [-0.2, -0.15) is 0 Å². The van der Waals surface area contributed by atoms with E-state index < -0.39 is 36.1 Å². The molecule has 10 heteroatoms. The van der Waals surface area contributed by atoms with Gasteiger partial charge in [-0.3, -0.25) is 0 Å². The summed E-state index contributed by atoms with van der Waals surface area (Å²) in [7, 11) is 0. The Bertz CT molecular complexity index is 795. The molecule has 2 rings (SSSR count). The molecular weight excluding hydrogens is 332 g/mol. The molecule has 0 aliphatic carbocycles. The SMILES string of the molecule is CC(C)(C)OC(=O)NC(CC(=O)On1nnc2ccccc21)C(=O)O. The quantitative estimate of drug-likeness (QED) is 0.755. The highest BCUT2D eigenvalue weighted by atomic mass is 16.7. The number of ether oxygens (including phenoxy) is 1. The number of hydrogen-bond acceptors (Lipinski definition) is 7. The lowest BCUT2D eigenvalue weighted by atomic mass is 10.2. The van der Waals surface area contributed by atoms with Crippen molar-refractivity contribution in [3.63, 3.8) is 0 Å². The lowest BCUT2D eigenvalue weighted by Crippen LogP contribution is -2.45. The molecule has 0 radical (unpaired) electrons. The number of nitrogens with one attached hydrogen (secondary N) is 1. The molecular formula is C15H18N4O6. The Labute approximate surface area is 142 Å². The smallest absolute Gasteiger partial charge is 0.408 e. The van der Waals surface area contributed by atoms with E-state index in [1.54, 1.807) is 45.0 Å². The van der Waals surface area contributed by atoms with E-state index in [9.17, 15) is 14.4 Å². The molecule has 25 heavy (non-hydrogen) atoms. The zero-order valence-electron chi connectivity index (χ0n) is 13.9. The van der Waals surface area contributed by atoms with Gasteiger partial charge in [-0.15, -0.1) is 5.10 Å². The molecule has 1 aromatic carbocycles. The molecule has 0 bridgehead atoms. The van der Waals surface area contributed by atoms with Crippen molar-refractivity contribution in [2.45, 2.75) is 38.8 Å². The fourth-order valence-corrected chi connectivity index (χ4v) is 1.87. The Hall–Kier alpha value is -3.17. The third-order valence-electron chi connectivity index (χ3n) is 2.87. The third kappa shape index (κ3) is 5.16. The number of carbonyl (C=O) groups is 3. The second-order valence-electron chi connectivity index (χ2n) is 6.16. The molecule has 1 amide bonds. The predicted octanol–water partition coefficient (Wildman–Crippen LogP) is 0.754. The van der Waals surface area contributed by atoms with E-state index in [-0.39, 0.29) is 0 Å². The van der Waals surface area contributed by atoms with E-state index in [1.165, 1.54) is 0 Å². The van der Waals surface area contributed by atoms with Crippen LogP contribution in [0.2, 0.25) is 0 Å². The van der Waals surface area contributed by atoms with Gasteiger partial charge in [-0.25, -0.2) is 14.4 Å². The molecule has 0 fully saturated rings. The van der Waals surface area contributed by atoms with Gasteiger partial charge in [0.05, 0.1) is 6.42 Å². The normalized spacial score (nSPS) is 12.4. The van der Waals surface area contributed by atoms with Crippen LogP contribution in [0.3, 0.4) is 0 Å². The molecule has 0 saturated heterocycles. The molecule has 134 valence electrons. The van der Waals surface area contributed by atoms with Crippen molar-refractivity contribution in [2.75, 3.05) is 0 Å². The van der Waals surface area contributed by atoms with Crippen LogP contribution in [0.5, 0.6) is 0 Å². The number of alkyl carbamates (subject to hydrolysis) is 1. The largest absolute Gasteiger partial charge is 0.480 e. The number of aromatic nitrogens is 3. The summed E-state index contributed by atoms with van der Waals surface area (Å²) in [6.07, 6.45) is -1.55. The van der Waals surface area contributed by atoms with Crippen molar-refractivity contribution in [1.82, 2.24) is 20.5 Å². The minimum Gasteiger partial charge on any atom is -0.480 e. The van der Waals surface area contributed by atoms with E-state index >= 15 is 0 Å². The molecule has 0 aliphatic heterocycles. The van der Waals surface area contributed by atoms with Crippen LogP contribution in [0, 0.1) is 0 Å². The minimum atomic E-state index is -1.50. The number of rotatable bonds is 5. The van der Waals surface area contributed by atoms with Gasteiger partial charge in [0.1, 0.15) is 22.7 Å². The highest BCUT2D eigenvalue weighted by Gasteiger charge is 2.27. The van der Waals surface area contributed by atoms with Crippen LogP contribution in [0.15, 0.2) is 24.3 Å². The molecule has 1 atom stereocenters. The Morgan fingerprint density at radius 3 is 2.60 bits per heavy atom. The lowest BCUT2D eigenvalue weighted by molar-refractivity contribution is -0.150. The summed E-state index contributed by atoms with van der Waals surface area (Å²) < 4.78 is 4.97. The van der Waals surface area contributed by atoms with Gasteiger partial charge in [0.25, 0.3) is 0 Å². The van der Waals surface area contributed by atoms with E-state index in [0.29, 0.717) is 11.0 Å².